The molecule has 3 N–H and O–H groups in total. The first kappa shape index (κ1) is 11.9. The summed E-state index contributed by atoms with van der Waals surface area (Å²) < 4.78 is 0. The summed E-state index contributed by atoms with van der Waals surface area (Å²) in [7, 11) is 0. The summed E-state index contributed by atoms with van der Waals surface area (Å²) in [5.41, 5.74) is 3.35. The van der Waals surface area contributed by atoms with Crippen LogP contribution in [-0.4, -0.2) is 11.7 Å². The van der Waals surface area contributed by atoms with Crippen molar-refractivity contribution in [3.05, 3.63) is 20.9 Å². The highest BCUT2D eigenvalue weighted by Gasteiger charge is 2.20. The van der Waals surface area contributed by atoms with Crippen molar-refractivity contribution in [2.24, 2.45) is 5.84 Å². The zero-order valence-corrected chi connectivity index (χ0v) is 9.83. The summed E-state index contributed by atoms with van der Waals surface area (Å²) in [6.07, 6.45) is 0.449. The Labute approximate surface area is 92.4 Å². The number of rotatable bonds is 3. The largest absolute Gasteiger partial charge is 0.293 e. The van der Waals surface area contributed by atoms with Crippen LogP contribution < -0.4 is 11.3 Å². The van der Waals surface area contributed by atoms with Crippen LogP contribution in [0.1, 0.15) is 43.8 Å². The predicted molar refractivity (Wildman–Crippen MR) is 60.1 cm³/mol. The van der Waals surface area contributed by atoms with E-state index in [1.54, 1.807) is 13.8 Å². The van der Waals surface area contributed by atoms with Gasteiger partial charge in [0.1, 0.15) is 0 Å². The second kappa shape index (κ2) is 4.55. The van der Waals surface area contributed by atoms with E-state index in [1.165, 1.54) is 11.3 Å². The molecule has 5 heteroatoms. The second-order valence-electron chi connectivity index (χ2n) is 3.24. The molecule has 0 aliphatic rings. The van der Waals surface area contributed by atoms with Crippen LogP contribution >= 0.6 is 11.3 Å². The minimum absolute atomic E-state index is 0.0664. The first-order valence-corrected chi connectivity index (χ1v) is 5.48. The molecule has 4 nitrogen and oxygen atoms in total. The van der Waals surface area contributed by atoms with Crippen LogP contribution in [0.5, 0.6) is 0 Å². The number of carbonyl (C=O) groups is 2. The quantitative estimate of drug-likeness (QED) is 0.355. The van der Waals surface area contributed by atoms with Gasteiger partial charge >= 0.3 is 0 Å². The lowest BCUT2D eigenvalue weighted by molar-refractivity contribution is 0.0953. The van der Waals surface area contributed by atoms with Gasteiger partial charge in [0.25, 0.3) is 5.91 Å². The molecule has 0 spiro atoms. The molecular formula is C10H14N2O2S. The van der Waals surface area contributed by atoms with E-state index < -0.39 is 0 Å². The number of amides is 1. The van der Waals surface area contributed by atoms with Gasteiger partial charge in [0.15, 0.2) is 5.78 Å². The van der Waals surface area contributed by atoms with Crippen molar-refractivity contribution < 1.29 is 9.59 Å². The Morgan fingerprint density at radius 3 is 2.47 bits per heavy atom. The Hall–Kier alpha value is -1.20. The SMILES string of the molecule is CCC(=O)c1sc(C)c(C(=O)NN)c1C. The van der Waals surface area contributed by atoms with Crippen LogP contribution in [0, 0.1) is 13.8 Å². The molecule has 0 bridgehead atoms. The lowest BCUT2D eigenvalue weighted by Crippen LogP contribution is -2.30. The zero-order chi connectivity index (χ0) is 11.6. The maximum atomic E-state index is 11.6. The molecule has 0 aliphatic carbocycles. The molecule has 1 aromatic heterocycles. The monoisotopic (exact) mass is 226 g/mol. The summed E-state index contributed by atoms with van der Waals surface area (Å²) in [6.45, 7) is 5.39. The average Bonchev–Trinajstić information content (AvgIpc) is 2.52. The van der Waals surface area contributed by atoms with E-state index >= 15 is 0 Å². The summed E-state index contributed by atoms with van der Waals surface area (Å²) in [4.78, 5) is 24.5. The third-order valence-corrected chi connectivity index (χ3v) is 3.50. The molecule has 0 radical (unpaired) electrons. The smallest absolute Gasteiger partial charge is 0.266 e. The average molecular weight is 226 g/mol. The van der Waals surface area contributed by atoms with Gasteiger partial charge < -0.3 is 0 Å². The number of nitrogen functional groups attached to an aromatic ring is 1. The second-order valence-corrected chi connectivity index (χ2v) is 4.46. The van der Waals surface area contributed by atoms with Crippen LogP contribution in [0.25, 0.3) is 0 Å². The van der Waals surface area contributed by atoms with Gasteiger partial charge in [-0.05, 0) is 19.4 Å². The van der Waals surface area contributed by atoms with E-state index in [0.29, 0.717) is 16.9 Å². The third-order valence-electron chi connectivity index (χ3n) is 2.26. The van der Waals surface area contributed by atoms with Crippen molar-refractivity contribution in [1.82, 2.24) is 5.43 Å². The summed E-state index contributed by atoms with van der Waals surface area (Å²) in [6, 6.07) is 0. The van der Waals surface area contributed by atoms with E-state index in [2.05, 4.69) is 5.43 Å². The van der Waals surface area contributed by atoms with Crippen molar-refractivity contribution in [3.63, 3.8) is 0 Å². The van der Waals surface area contributed by atoms with Crippen molar-refractivity contribution in [3.8, 4) is 0 Å². The number of nitrogens with one attached hydrogen (secondary N) is 1. The first-order valence-electron chi connectivity index (χ1n) is 4.67. The van der Waals surface area contributed by atoms with Crippen molar-refractivity contribution in [2.45, 2.75) is 27.2 Å². The minimum atomic E-state index is -0.337. The first-order chi connectivity index (χ1) is 7.02. The van der Waals surface area contributed by atoms with E-state index in [4.69, 9.17) is 5.84 Å². The molecule has 15 heavy (non-hydrogen) atoms. The number of hydrazine groups is 1. The number of thiophene rings is 1. The highest BCUT2D eigenvalue weighted by Crippen LogP contribution is 2.28. The molecule has 1 rings (SSSR count). The Morgan fingerprint density at radius 2 is 2.00 bits per heavy atom. The molecule has 1 heterocycles. The molecule has 1 amide bonds. The number of aryl methyl sites for hydroxylation is 1. The van der Waals surface area contributed by atoms with Crippen molar-refractivity contribution in [1.29, 1.82) is 0 Å². The van der Waals surface area contributed by atoms with Crippen molar-refractivity contribution >= 4 is 23.0 Å². The fourth-order valence-electron chi connectivity index (χ4n) is 1.49. The number of ketones is 1. The number of Topliss-reactive ketones (excluding diaryl/α,β-unsaturated/α-hetero) is 1. The standard InChI is InChI=1S/C10H14N2O2S/c1-4-7(13)9-5(2)8(6(3)15-9)10(14)12-11/h4,11H2,1-3H3,(H,12,14). The molecule has 0 saturated heterocycles. The minimum Gasteiger partial charge on any atom is -0.293 e. The highest BCUT2D eigenvalue weighted by atomic mass is 32.1. The fourth-order valence-corrected chi connectivity index (χ4v) is 2.65. The topological polar surface area (TPSA) is 72.2 Å². The molecule has 0 saturated carbocycles. The van der Waals surface area contributed by atoms with Crippen LogP contribution in [0.4, 0.5) is 0 Å². The lowest BCUT2D eigenvalue weighted by atomic mass is 10.1. The van der Waals surface area contributed by atoms with Gasteiger partial charge in [-0.25, -0.2) is 5.84 Å². The van der Waals surface area contributed by atoms with Crippen LogP contribution in [-0.2, 0) is 0 Å². The molecule has 0 fully saturated rings. The van der Waals surface area contributed by atoms with Gasteiger partial charge in [-0.1, -0.05) is 6.92 Å². The van der Waals surface area contributed by atoms with Crippen LogP contribution in [0.2, 0.25) is 0 Å². The molecule has 0 atom stereocenters. The van der Waals surface area contributed by atoms with Gasteiger partial charge in [0, 0.05) is 11.3 Å². The van der Waals surface area contributed by atoms with Gasteiger partial charge in [0.05, 0.1) is 10.4 Å². The highest BCUT2D eigenvalue weighted by molar-refractivity contribution is 7.14. The summed E-state index contributed by atoms with van der Waals surface area (Å²) in [5.74, 6) is 4.81. The molecule has 82 valence electrons. The van der Waals surface area contributed by atoms with Gasteiger partial charge in [-0.15, -0.1) is 11.3 Å². The Kier molecular flexibility index (Phi) is 3.60. The third kappa shape index (κ3) is 2.08. The van der Waals surface area contributed by atoms with Crippen molar-refractivity contribution in [2.75, 3.05) is 0 Å². The lowest BCUT2D eigenvalue weighted by Gasteiger charge is -2.00. The Bertz CT molecular complexity index is 410. The number of hydrogen-bond acceptors (Lipinski definition) is 4. The number of nitrogens with two attached hydrogens (primary N) is 1. The normalized spacial score (nSPS) is 10.1. The van der Waals surface area contributed by atoms with E-state index in [9.17, 15) is 9.59 Å². The Morgan fingerprint density at radius 1 is 1.40 bits per heavy atom. The van der Waals surface area contributed by atoms with Gasteiger partial charge in [-0.2, -0.15) is 0 Å². The van der Waals surface area contributed by atoms with Gasteiger partial charge in [-0.3, -0.25) is 15.0 Å². The molecule has 0 aliphatic heterocycles. The van der Waals surface area contributed by atoms with Crippen LogP contribution in [0.3, 0.4) is 0 Å². The molecular weight excluding hydrogens is 212 g/mol. The molecule has 0 aromatic carbocycles. The number of hydrogen-bond donors (Lipinski definition) is 2. The Balaban J connectivity index is 3.26. The van der Waals surface area contributed by atoms with E-state index in [0.717, 1.165) is 10.4 Å². The fraction of sp³-hybridized carbons (Fsp3) is 0.400. The summed E-state index contributed by atoms with van der Waals surface area (Å²) >= 11 is 1.35. The molecule has 1 aromatic rings. The van der Waals surface area contributed by atoms with Crippen LogP contribution in [0.15, 0.2) is 0 Å². The maximum Gasteiger partial charge on any atom is 0.266 e. The van der Waals surface area contributed by atoms with E-state index in [1.807, 2.05) is 6.92 Å². The maximum absolute atomic E-state index is 11.6. The predicted octanol–water partition coefficient (Wildman–Crippen LogP) is 1.56. The zero-order valence-electron chi connectivity index (χ0n) is 9.01. The molecule has 0 unspecified atom stereocenters. The van der Waals surface area contributed by atoms with E-state index in [-0.39, 0.29) is 11.7 Å². The number of carbonyl (C=O) groups excluding carboxylic acids is 2. The summed E-state index contributed by atoms with van der Waals surface area (Å²) in [5, 5.41) is 0. The van der Waals surface area contributed by atoms with Gasteiger partial charge in [0.2, 0.25) is 0 Å².